The molecule has 0 radical (unpaired) electrons. The molecule has 1 unspecified atom stereocenters. The zero-order chi connectivity index (χ0) is 18.6. The van der Waals surface area contributed by atoms with Crippen LogP contribution in [0.4, 0.5) is 0 Å². The summed E-state index contributed by atoms with van der Waals surface area (Å²) in [5, 5.41) is 0. The Balaban J connectivity index is 3.25. The molecule has 3 nitrogen and oxygen atoms in total. The molecule has 0 spiro atoms. The fraction of sp³-hybridized carbons (Fsp3) is 0.700. The minimum atomic E-state index is -3.47. The number of rotatable bonds is 9. The average Bonchev–Trinajstić information content (AvgIpc) is 2.55. The number of sulfonamides is 1. The molecule has 1 atom stereocenters. The van der Waals surface area contributed by atoms with Crippen LogP contribution in [0.3, 0.4) is 0 Å². The molecule has 0 aliphatic rings. The summed E-state index contributed by atoms with van der Waals surface area (Å²) in [5.41, 5.74) is 1.93. The summed E-state index contributed by atoms with van der Waals surface area (Å²) in [7, 11) is -3.47. The summed E-state index contributed by atoms with van der Waals surface area (Å²) in [6, 6.07) is 7.82. The van der Waals surface area contributed by atoms with E-state index < -0.39 is 14.8 Å². The van der Waals surface area contributed by atoms with Crippen LogP contribution in [0.15, 0.2) is 24.3 Å². The van der Waals surface area contributed by atoms with Gasteiger partial charge in [-0.2, -0.15) is 0 Å². The first-order valence-corrected chi connectivity index (χ1v) is 10.7. The zero-order valence-corrected chi connectivity index (χ0v) is 17.3. The van der Waals surface area contributed by atoms with Crippen LogP contribution in [0, 0.1) is 12.3 Å². The minimum Gasteiger partial charge on any atom is -0.212 e. The van der Waals surface area contributed by atoms with E-state index in [9.17, 15) is 8.42 Å². The molecule has 1 aromatic carbocycles. The standard InChI is InChI=1S/C20H35NO2S/c1-8-19(7,9-2)20(10-3,11-4)24(22,23)21-17(6)18-14-12-16(5)13-15-18/h12-15,17,21H,8-11H2,1-7H3. The molecular weight excluding hydrogens is 318 g/mol. The summed E-state index contributed by atoms with van der Waals surface area (Å²) < 4.78 is 29.1. The lowest BCUT2D eigenvalue weighted by Gasteiger charge is -2.47. The van der Waals surface area contributed by atoms with E-state index >= 15 is 0 Å². The Bertz CT molecular complexity index is 612. The molecule has 1 rings (SSSR count). The van der Waals surface area contributed by atoms with Gasteiger partial charge in [-0.25, -0.2) is 13.1 Å². The monoisotopic (exact) mass is 353 g/mol. The maximum absolute atomic E-state index is 13.4. The zero-order valence-electron chi connectivity index (χ0n) is 16.4. The van der Waals surface area contributed by atoms with Gasteiger partial charge in [0, 0.05) is 6.04 Å². The van der Waals surface area contributed by atoms with E-state index in [-0.39, 0.29) is 11.5 Å². The van der Waals surface area contributed by atoms with Crippen molar-refractivity contribution in [3.63, 3.8) is 0 Å². The highest BCUT2D eigenvalue weighted by Gasteiger charge is 2.53. The van der Waals surface area contributed by atoms with E-state index in [4.69, 9.17) is 0 Å². The number of hydrogen-bond acceptors (Lipinski definition) is 2. The van der Waals surface area contributed by atoms with Crippen molar-refractivity contribution >= 4 is 10.0 Å². The highest BCUT2D eigenvalue weighted by molar-refractivity contribution is 7.91. The van der Waals surface area contributed by atoms with Crippen LogP contribution in [0.2, 0.25) is 0 Å². The molecule has 1 aromatic rings. The van der Waals surface area contributed by atoms with Gasteiger partial charge in [0.15, 0.2) is 0 Å². The first-order valence-electron chi connectivity index (χ1n) is 9.21. The highest BCUT2D eigenvalue weighted by atomic mass is 32.2. The third-order valence-electron chi connectivity index (χ3n) is 6.23. The van der Waals surface area contributed by atoms with E-state index in [1.54, 1.807) is 0 Å². The van der Waals surface area contributed by atoms with Crippen molar-refractivity contribution in [3.05, 3.63) is 35.4 Å². The Labute approximate surface area is 149 Å². The molecule has 0 aromatic heterocycles. The smallest absolute Gasteiger partial charge is 0.212 e. The third-order valence-corrected chi connectivity index (χ3v) is 8.99. The molecule has 0 saturated carbocycles. The van der Waals surface area contributed by atoms with Gasteiger partial charge in [0.2, 0.25) is 10.0 Å². The molecule has 0 amide bonds. The molecule has 138 valence electrons. The van der Waals surface area contributed by atoms with E-state index in [2.05, 4.69) is 25.5 Å². The maximum atomic E-state index is 13.4. The van der Waals surface area contributed by atoms with Gasteiger partial charge in [-0.1, -0.05) is 64.4 Å². The Morgan fingerprint density at radius 3 is 1.79 bits per heavy atom. The Hall–Kier alpha value is -0.870. The second kappa shape index (κ2) is 8.01. The number of hydrogen-bond donors (Lipinski definition) is 1. The van der Waals surface area contributed by atoms with Crippen molar-refractivity contribution in [2.45, 2.75) is 84.9 Å². The van der Waals surface area contributed by atoms with E-state index in [0.29, 0.717) is 12.8 Å². The van der Waals surface area contributed by atoms with Crippen LogP contribution in [-0.4, -0.2) is 13.2 Å². The molecule has 4 heteroatoms. The lowest BCUT2D eigenvalue weighted by molar-refractivity contribution is 0.177. The Kier molecular flexibility index (Phi) is 7.06. The van der Waals surface area contributed by atoms with E-state index in [1.807, 2.05) is 52.0 Å². The first kappa shape index (κ1) is 21.2. The molecule has 0 bridgehead atoms. The predicted molar refractivity (Wildman–Crippen MR) is 104 cm³/mol. The first-order chi connectivity index (χ1) is 11.1. The maximum Gasteiger partial charge on any atom is 0.218 e. The van der Waals surface area contributed by atoms with Crippen molar-refractivity contribution in [2.24, 2.45) is 5.41 Å². The number of benzene rings is 1. The second-order valence-corrected chi connectivity index (χ2v) is 9.25. The van der Waals surface area contributed by atoms with Crippen molar-refractivity contribution in [3.8, 4) is 0 Å². The quantitative estimate of drug-likeness (QED) is 0.649. The van der Waals surface area contributed by atoms with Crippen LogP contribution in [0.1, 0.15) is 84.4 Å². The fourth-order valence-electron chi connectivity index (χ4n) is 3.97. The van der Waals surface area contributed by atoms with Gasteiger partial charge in [-0.15, -0.1) is 0 Å². The molecule has 0 fully saturated rings. The largest absolute Gasteiger partial charge is 0.218 e. The summed E-state index contributed by atoms with van der Waals surface area (Å²) in [4.78, 5) is 0. The van der Waals surface area contributed by atoms with Crippen LogP contribution in [-0.2, 0) is 10.0 Å². The van der Waals surface area contributed by atoms with Gasteiger partial charge in [0.05, 0.1) is 4.75 Å². The van der Waals surface area contributed by atoms with Crippen LogP contribution >= 0.6 is 0 Å². The lowest BCUT2D eigenvalue weighted by atomic mass is 9.69. The van der Waals surface area contributed by atoms with Crippen molar-refractivity contribution in [1.82, 2.24) is 4.72 Å². The summed E-state index contributed by atoms with van der Waals surface area (Å²) in [5.74, 6) is 0. The SMILES string of the molecule is CCC(C)(CC)C(CC)(CC)S(=O)(=O)NC(C)c1ccc(C)cc1. The van der Waals surface area contributed by atoms with E-state index in [0.717, 1.165) is 18.4 Å². The molecule has 0 aliphatic heterocycles. The number of nitrogens with one attached hydrogen (secondary N) is 1. The molecule has 24 heavy (non-hydrogen) atoms. The van der Waals surface area contributed by atoms with Crippen molar-refractivity contribution < 1.29 is 8.42 Å². The molecule has 0 heterocycles. The topological polar surface area (TPSA) is 46.2 Å². The van der Waals surface area contributed by atoms with Gasteiger partial charge < -0.3 is 0 Å². The van der Waals surface area contributed by atoms with E-state index in [1.165, 1.54) is 5.56 Å². The summed E-state index contributed by atoms with van der Waals surface area (Å²) in [6.07, 6.45) is 2.95. The normalized spacial score (nSPS) is 14.6. The Morgan fingerprint density at radius 1 is 0.958 bits per heavy atom. The Morgan fingerprint density at radius 2 is 1.42 bits per heavy atom. The fourth-order valence-corrected chi connectivity index (χ4v) is 6.50. The lowest BCUT2D eigenvalue weighted by Crippen LogP contribution is -2.56. The third kappa shape index (κ3) is 3.70. The number of aryl methyl sites for hydroxylation is 1. The van der Waals surface area contributed by atoms with Gasteiger partial charge >= 0.3 is 0 Å². The molecule has 0 aliphatic carbocycles. The van der Waals surface area contributed by atoms with Crippen molar-refractivity contribution in [2.75, 3.05) is 0 Å². The highest BCUT2D eigenvalue weighted by Crippen LogP contribution is 2.48. The minimum absolute atomic E-state index is 0.231. The van der Waals surface area contributed by atoms with Gasteiger partial charge in [0.25, 0.3) is 0 Å². The average molecular weight is 354 g/mol. The predicted octanol–water partition coefficient (Wildman–Crippen LogP) is 5.36. The van der Waals surface area contributed by atoms with Crippen LogP contribution in [0.5, 0.6) is 0 Å². The summed E-state index contributed by atoms with van der Waals surface area (Å²) in [6.45, 7) is 14.3. The van der Waals surface area contributed by atoms with Crippen molar-refractivity contribution in [1.29, 1.82) is 0 Å². The van der Waals surface area contributed by atoms with Crippen LogP contribution < -0.4 is 4.72 Å². The molecule has 0 saturated heterocycles. The van der Waals surface area contributed by atoms with Gasteiger partial charge in [-0.3, -0.25) is 0 Å². The van der Waals surface area contributed by atoms with Gasteiger partial charge in [0.1, 0.15) is 0 Å². The summed E-state index contributed by atoms with van der Waals surface area (Å²) >= 11 is 0. The second-order valence-electron chi connectivity index (χ2n) is 7.22. The van der Waals surface area contributed by atoms with Gasteiger partial charge in [-0.05, 0) is 50.5 Å². The molecule has 1 N–H and O–H groups in total. The van der Waals surface area contributed by atoms with Crippen LogP contribution in [0.25, 0.3) is 0 Å². The molecular formula is C20H35NO2S.